The minimum absolute atomic E-state index is 0.147. The van der Waals surface area contributed by atoms with Gasteiger partial charge in [-0.25, -0.2) is 0 Å². The van der Waals surface area contributed by atoms with Gasteiger partial charge in [0, 0.05) is 0 Å². The van der Waals surface area contributed by atoms with Crippen LogP contribution in [0.25, 0.3) is 0 Å². The Bertz CT molecular complexity index is 670. The molecule has 0 aliphatic rings. The number of ether oxygens (including phenoxy) is 3. The van der Waals surface area contributed by atoms with Gasteiger partial charge in [-0.05, 0) is 49.2 Å². The van der Waals surface area contributed by atoms with Gasteiger partial charge >= 0.3 is 0 Å². The maximum absolute atomic E-state index is 12.3. The van der Waals surface area contributed by atoms with Crippen LogP contribution >= 0.6 is 0 Å². The Morgan fingerprint density at radius 1 is 1.08 bits per heavy atom. The van der Waals surface area contributed by atoms with Gasteiger partial charge in [0.2, 0.25) is 0 Å². The van der Waals surface area contributed by atoms with E-state index in [4.69, 9.17) is 14.2 Å². The Labute approximate surface area is 148 Å². The second kappa shape index (κ2) is 9.57. The first kappa shape index (κ1) is 18.6. The molecule has 5 nitrogen and oxygen atoms in total. The molecule has 134 valence electrons. The molecular weight excluding hydrogens is 318 g/mol. The van der Waals surface area contributed by atoms with Crippen LogP contribution in [0.3, 0.4) is 0 Å². The number of nitrogens with one attached hydrogen (secondary N) is 1. The predicted octanol–water partition coefficient (Wildman–Crippen LogP) is 3.36. The van der Waals surface area contributed by atoms with E-state index in [9.17, 15) is 4.79 Å². The Kier molecular flexibility index (Phi) is 7.14. The zero-order chi connectivity index (χ0) is 18.1. The molecule has 2 aromatic rings. The van der Waals surface area contributed by atoms with Crippen molar-refractivity contribution < 1.29 is 19.0 Å². The van der Waals surface area contributed by atoms with Crippen molar-refractivity contribution in [2.45, 2.75) is 26.4 Å². The van der Waals surface area contributed by atoms with Crippen LogP contribution in [0.5, 0.6) is 17.2 Å². The second-order valence-corrected chi connectivity index (χ2v) is 5.60. The monoisotopic (exact) mass is 343 g/mol. The molecule has 1 amide bonds. The lowest BCUT2D eigenvalue weighted by Crippen LogP contribution is -2.39. The summed E-state index contributed by atoms with van der Waals surface area (Å²) in [6.45, 7) is 4.74. The molecule has 2 rings (SSSR count). The van der Waals surface area contributed by atoms with E-state index in [1.54, 1.807) is 31.4 Å². The number of carbonyl (C=O) groups is 1. The van der Waals surface area contributed by atoms with Gasteiger partial charge in [0.05, 0.1) is 13.7 Å². The maximum atomic E-state index is 12.3. The average molecular weight is 343 g/mol. The summed E-state index contributed by atoms with van der Waals surface area (Å²) in [5.74, 6) is 2.07. The minimum Gasteiger partial charge on any atom is -0.497 e. The Hall–Kier alpha value is -2.69. The lowest BCUT2D eigenvalue weighted by Gasteiger charge is -2.17. The highest BCUT2D eigenvalue weighted by Gasteiger charge is 2.17. The van der Waals surface area contributed by atoms with Crippen molar-refractivity contribution in [2.75, 3.05) is 20.3 Å². The fourth-order valence-corrected chi connectivity index (χ4v) is 2.31. The van der Waals surface area contributed by atoms with Crippen molar-refractivity contribution >= 4 is 5.91 Å². The molecule has 1 atom stereocenters. The van der Waals surface area contributed by atoms with Crippen LogP contribution < -0.4 is 19.5 Å². The molecular formula is C20H25NO4. The van der Waals surface area contributed by atoms with E-state index in [-0.39, 0.29) is 5.91 Å². The summed E-state index contributed by atoms with van der Waals surface area (Å²) in [5.41, 5.74) is 1.07. The summed E-state index contributed by atoms with van der Waals surface area (Å²) >= 11 is 0. The zero-order valence-electron chi connectivity index (χ0n) is 15.0. The summed E-state index contributed by atoms with van der Waals surface area (Å²) in [4.78, 5) is 12.3. The summed E-state index contributed by atoms with van der Waals surface area (Å²) in [6, 6.07) is 15.0. The highest BCUT2D eigenvalue weighted by molar-refractivity contribution is 5.81. The molecule has 5 heteroatoms. The van der Waals surface area contributed by atoms with E-state index in [2.05, 4.69) is 5.32 Å². The molecule has 0 spiro atoms. The minimum atomic E-state index is -0.535. The van der Waals surface area contributed by atoms with Crippen LogP contribution in [0.1, 0.15) is 18.9 Å². The smallest absolute Gasteiger partial charge is 0.261 e. The normalized spacial score (nSPS) is 11.5. The molecule has 0 unspecified atom stereocenters. The van der Waals surface area contributed by atoms with E-state index in [1.807, 2.05) is 38.1 Å². The average Bonchev–Trinajstić information content (AvgIpc) is 2.65. The maximum Gasteiger partial charge on any atom is 0.261 e. The standard InChI is InChI=1S/C20H25NO4/c1-4-18(25-17-11-9-16(23-3)10-12-17)20(22)21-13-14-24-19-8-6-5-7-15(19)2/h5-12,18H,4,13-14H2,1-3H3,(H,21,22)/t18-/m1/s1. The number of hydrogen-bond acceptors (Lipinski definition) is 4. The van der Waals surface area contributed by atoms with Gasteiger partial charge in [0.1, 0.15) is 23.9 Å². The second-order valence-electron chi connectivity index (χ2n) is 5.60. The van der Waals surface area contributed by atoms with Gasteiger partial charge in [-0.1, -0.05) is 25.1 Å². The first-order valence-corrected chi connectivity index (χ1v) is 8.41. The fourth-order valence-electron chi connectivity index (χ4n) is 2.31. The Balaban J connectivity index is 1.78. The summed E-state index contributed by atoms with van der Waals surface area (Å²) < 4.78 is 16.5. The van der Waals surface area contributed by atoms with Crippen molar-refractivity contribution in [1.29, 1.82) is 0 Å². The molecule has 1 N–H and O–H groups in total. The largest absolute Gasteiger partial charge is 0.497 e. The van der Waals surface area contributed by atoms with E-state index in [0.717, 1.165) is 17.1 Å². The van der Waals surface area contributed by atoms with E-state index in [0.29, 0.717) is 25.3 Å². The Morgan fingerprint density at radius 2 is 1.76 bits per heavy atom. The molecule has 0 radical (unpaired) electrons. The van der Waals surface area contributed by atoms with Crippen LogP contribution in [-0.4, -0.2) is 32.3 Å². The van der Waals surface area contributed by atoms with Crippen LogP contribution in [-0.2, 0) is 4.79 Å². The summed E-state index contributed by atoms with van der Waals surface area (Å²) in [6.07, 6.45) is 0.0446. The lowest BCUT2D eigenvalue weighted by atomic mass is 10.2. The first-order valence-electron chi connectivity index (χ1n) is 8.41. The van der Waals surface area contributed by atoms with Crippen LogP contribution in [0.4, 0.5) is 0 Å². The molecule has 0 aromatic heterocycles. The third kappa shape index (κ3) is 5.71. The molecule has 0 bridgehead atoms. The predicted molar refractivity (Wildman–Crippen MR) is 97.4 cm³/mol. The van der Waals surface area contributed by atoms with Crippen molar-refractivity contribution in [1.82, 2.24) is 5.32 Å². The highest BCUT2D eigenvalue weighted by atomic mass is 16.5. The lowest BCUT2D eigenvalue weighted by molar-refractivity contribution is -0.128. The van der Waals surface area contributed by atoms with E-state index in [1.165, 1.54) is 0 Å². The topological polar surface area (TPSA) is 56.8 Å². The van der Waals surface area contributed by atoms with Crippen LogP contribution in [0, 0.1) is 6.92 Å². The van der Waals surface area contributed by atoms with Crippen molar-refractivity contribution in [3.63, 3.8) is 0 Å². The quantitative estimate of drug-likeness (QED) is 0.710. The van der Waals surface area contributed by atoms with Crippen LogP contribution in [0.15, 0.2) is 48.5 Å². The summed E-state index contributed by atoms with van der Waals surface area (Å²) in [5, 5.41) is 2.85. The van der Waals surface area contributed by atoms with Gasteiger partial charge in [-0.2, -0.15) is 0 Å². The zero-order valence-corrected chi connectivity index (χ0v) is 15.0. The number of aryl methyl sites for hydroxylation is 1. The molecule has 2 aromatic carbocycles. The first-order chi connectivity index (χ1) is 12.1. The van der Waals surface area contributed by atoms with E-state index >= 15 is 0 Å². The van der Waals surface area contributed by atoms with E-state index < -0.39 is 6.10 Å². The number of benzene rings is 2. The number of methoxy groups -OCH3 is 1. The molecule has 0 saturated carbocycles. The van der Waals surface area contributed by atoms with Gasteiger partial charge < -0.3 is 19.5 Å². The number of rotatable bonds is 9. The van der Waals surface area contributed by atoms with Crippen molar-refractivity contribution in [3.05, 3.63) is 54.1 Å². The van der Waals surface area contributed by atoms with Gasteiger partial charge in [0.25, 0.3) is 5.91 Å². The molecule has 0 fully saturated rings. The molecule has 0 aliphatic carbocycles. The highest BCUT2D eigenvalue weighted by Crippen LogP contribution is 2.19. The Morgan fingerprint density at radius 3 is 2.40 bits per heavy atom. The van der Waals surface area contributed by atoms with Crippen LogP contribution in [0.2, 0.25) is 0 Å². The molecule has 0 heterocycles. The third-order valence-electron chi connectivity index (χ3n) is 3.75. The number of hydrogen-bond donors (Lipinski definition) is 1. The third-order valence-corrected chi connectivity index (χ3v) is 3.75. The number of amides is 1. The number of para-hydroxylation sites is 1. The van der Waals surface area contributed by atoms with Gasteiger partial charge in [-0.3, -0.25) is 4.79 Å². The number of carbonyl (C=O) groups excluding carboxylic acids is 1. The van der Waals surface area contributed by atoms with Crippen molar-refractivity contribution in [3.8, 4) is 17.2 Å². The summed E-state index contributed by atoms with van der Waals surface area (Å²) in [7, 11) is 1.61. The SMILES string of the molecule is CC[C@@H](Oc1ccc(OC)cc1)C(=O)NCCOc1ccccc1C. The van der Waals surface area contributed by atoms with Crippen molar-refractivity contribution in [2.24, 2.45) is 0 Å². The molecule has 0 aliphatic heterocycles. The van der Waals surface area contributed by atoms with Gasteiger partial charge in [-0.15, -0.1) is 0 Å². The van der Waals surface area contributed by atoms with Gasteiger partial charge in [0.15, 0.2) is 6.10 Å². The fraction of sp³-hybridized carbons (Fsp3) is 0.350. The molecule has 25 heavy (non-hydrogen) atoms. The molecule has 0 saturated heterocycles.